The molecule has 0 spiro atoms. The molecule has 0 saturated heterocycles. The van der Waals surface area contributed by atoms with Crippen LogP contribution in [0.25, 0.3) is 0 Å². The van der Waals surface area contributed by atoms with Crippen molar-refractivity contribution in [1.82, 2.24) is 51.8 Å². The fourth-order valence-electron chi connectivity index (χ4n) is 5.25. The number of carbonyl (C=O) groups excluding carboxylic acids is 5. The molecule has 0 fully saturated rings. The molecule has 0 saturated carbocycles. The number of hydrogen-bond donors (Lipinski definition) is 13. The molecule has 6 amide bonds. The second kappa shape index (κ2) is 29.4. The molecule has 0 aliphatic carbocycles. The maximum Gasteiger partial charge on any atom is 0.407 e. The van der Waals surface area contributed by atoms with E-state index in [2.05, 4.69) is 62.5 Å². The van der Waals surface area contributed by atoms with E-state index in [1.165, 1.54) is 12.1 Å². The molecular weight excluding hydrogens is 792 g/mol. The highest BCUT2D eigenvalue weighted by molar-refractivity contribution is 5.87. The molecule has 0 aromatic carbocycles. The van der Waals surface area contributed by atoms with Gasteiger partial charge in [-0.25, -0.2) is 14.4 Å². The van der Waals surface area contributed by atoms with Crippen LogP contribution in [-0.2, 0) is 19.1 Å². The van der Waals surface area contributed by atoms with Crippen LogP contribution in [-0.4, -0.2) is 136 Å². The zero-order valence-corrected chi connectivity index (χ0v) is 34.0. The Morgan fingerprint density at radius 2 is 1.15 bits per heavy atom. The van der Waals surface area contributed by atoms with Crippen molar-refractivity contribution in [1.29, 1.82) is 0 Å². The van der Waals surface area contributed by atoms with E-state index in [0.717, 1.165) is 32.1 Å². The van der Waals surface area contributed by atoms with Crippen LogP contribution in [0.4, 0.5) is 26.3 Å². The molecule has 2 heterocycles. The number of amides is 6. The summed E-state index contributed by atoms with van der Waals surface area (Å²) in [4.78, 5) is 95.7. The number of nitrogens with zero attached hydrogens (tertiary/aromatic N) is 2. The predicted octanol–water partition coefficient (Wildman–Crippen LogP) is -1.12. The molecule has 1 unspecified atom stereocenters. The van der Waals surface area contributed by atoms with Crippen molar-refractivity contribution < 1.29 is 48.8 Å². The first-order chi connectivity index (χ1) is 28.7. The molecule has 3 atom stereocenters. The number of carbonyl (C=O) groups is 5. The standard InChI is InChI=1S/C36H60N12O12/c1-23-19-28(52)45-31(43-23)47-33(55)39-11-7-3-5-9-13-41-35(57)59-17-15-37-27(51)22-25(49)21-26(50)30(54)38-16-18-60-36(58)42-14-10-6-4-8-12-40-34(56)48-32-44-24(2)20-29(53)46-32/h19-20,25-26,34,40,49-50,56H,3-18,21-22H2,1-2H3,(H,37,51)(H,38,54)(H,41,57)(H,42,58)(H2,44,46,48,53)(H3,39,43,45,47,52,55)/t25-,26-,34?/m0/s1. The van der Waals surface area contributed by atoms with Gasteiger partial charge in [0.2, 0.25) is 23.7 Å². The Morgan fingerprint density at radius 1 is 0.650 bits per heavy atom. The highest BCUT2D eigenvalue weighted by Gasteiger charge is 2.21. The highest BCUT2D eigenvalue weighted by atomic mass is 16.6. The zero-order chi connectivity index (χ0) is 44.1. The van der Waals surface area contributed by atoms with Crippen LogP contribution in [0, 0.1) is 13.8 Å². The first-order valence-electron chi connectivity index (χ1n) is 19.8. The Morgan fingerprint density at radius 3 is 1.72 bits per heavy atom. The first kappa shape index (κ1) is 50.3. The molecule has 0 aliphatic rings. The third-order valence-corrected chi connectivity index (χ3v) is 8.14. The van der Waals surface area contributed by atoms with Gasteiger partial charge >= 0.3 is 18.2 Å². The van der Waals surface area contributed by atoms with Crippen molar-refractivity contribution in [2.45, 2.75) is 96.6 Å². The van der Waals surface area contributed by atoms with Crippen LogP contribution in [0.5, 0.6) is 0 Å². The summed E-state index contributed by atoms with van der Waals surface area (Å²) in [5.74, 6) is -1.17. The Kier molecular flexibility index (Phi) is 24.6. The second-order valence-corrected chi connectivity index (χ2v) is 13.6. The number of H-pyrrole nitrogens is 2. The van der Waals surface area contributed by atoms with Crippen LogP contribution >= 0.6 is 0 Å². The summed E-state index contributed by atoms with van der Waals surface area (Å²) in [5.41, 5.74) is 0.303. The van der Waals surface area contributed by atoms with Gasteiger partial charge in [-0.05, 0) is 46.1 Å². The van der Waals surface area contributed by atoms with Crippen molar-refractivity contribution in [3.8, 4) is 0 Å². The lowest BCUT2D eigenvalue weighted by atomic mass is 10.1. The lowest BCUT2D eigenvalue weighted by Gasteiger charge is -2.16. The van der Waals surface area contributed by atoms with Gasteiger partial charge in [-0.15, -0.1) is 0 Å². The zero-order valence-electron chi connectivity index (χ0n) is 34.0. The molecule has 0 aliphatic heterocycles. The lowest BCUT2D eigenvalue weighted by molar-refractivity contribution is -0.132. The highest BCUT2D eigenvalue weighted by Crippen LogP contribution is 2.04. The van der Waals surface area contributed by atoms with Crippen LogP contribution in [0.2, 0.25) is 0 Å². The number of aromatic nitrogens is 4. The first-order valence-corrected chi connectivity index (χ1v) is 19.8. The number of aryl methyl sites for hydroxylation is 2. The quantitative estimate of drug-likeness (QED) is 0.0340. The monoisotopic (exact) mass is 852 g/mol. The Bertz CT molecular complexity index is 1740. The van der Waals surface area contributed by atoms with Gasteiger partial charge in [-0.3, -0.25) is 29.8 Å². The lowest BCUT2D eigenvalue weighted by Crippen LogP contribution is -2.40. The number of urea groups is 1. The number of ether oxygens (including phenoxy) is 2. The Hall–Kier alpha value is -5.85. The number of hydrogen-bond acceptors (Lipinski definition) is 16. The summed E-state index contributed by atoms with van der Waals surface area (Å²) in [5, 5.41) is 50.9. The number of alkyl carbamates (subject to hydrolysis) is 2. The third kappa shape index (κ3) is 24.8. The van der Waals surface area contributed by atoms with Crippen molar-refractivity contribution in [3.05, 3.63) is 44.2 Å². The normalized spacial score (nSPS) is 12.3. The van der Waals surface area contributed by atoms with Crippen molar-refractivity contribution >= 4 is 41.9 Å². The number of aliphatic hydroxyl groups is 3. The van der Waals surface area contributed by atoms with E-state index in [9.17, 15) is 48.9 Å². The number of rotatable bonds is 29. The van der Waals surface area contributed by atoms with Gasteiger partial charge in [0.15, 0.2) is 6.35 Å². The van der Waals surface area contributed by atoms with Gasteiger partial charge in [-0.2, -0.15) is 9.97 Å². The Balaban J connectivity index is 1.38. The molecule has 0 bridgehead atoms. The second-order valence-electron chi connectivity index (χ2n) is 13.6. The molecular formula is C36H60N12O12. The van der Waals surface area contributed by atoms with Crippen LogP contribution in [0.15, 0.2) is 21.7 Å². The van der Waals surface area contributed by atoms with E-state index in [1.807, 2.05) is 0 Å². The fourth-order valence-corrected chi connectivity index (χ4v) is 5.25. The van der Waals surface area contributed by atoms with E-state index in [0.29, 0.717) is 56.8 Å². The van der Waals surface area contributed by atoms with Crippen molar-refractivity contribution in [3.63, 3.8) is 0 Å². The van der Waals surface area contributed by atoms with Crippen molar-refractivity contribution in [2.24, 2.45) is 0 Å². The minimum absolute atomic E-state index is 0.0199. The fraction of sp³-hybridized carbons (Fsp3) is 0.639. The number of nitrogens with one attached hydrogen (secondary N) is 10. The molecule has 13 N–H and O–H groups in total. The van der Waals surface area contributed by atoms with Gasteiger partial charge in [0.05, 0.1) is 25.6 Å². The number of aromatic amines is 2. The summed E-state index contributed by atoms with van der Waals surface area (Å²) < 4.78 is 9.99. The molecule has 336 valence electrons. The smallest absolute Gasteiger partial charge is 0.407 e. The summed E-state index contributed by atoms with van der Waals surface area (Å²) in [6.45, 7) is 4.64. The summed E-state index contributed by atoms with van der Waals surface area (Å²) in [7, 11) is 0. The predicted molar refractivity (Wildman–Crippen MR) is 217 cm³/mol. The molecule has 0 radical (unpaired) electrons. The molecule has 2 rings (SSSR count). The number of anilines is 2. The van der Waals surface area contributed by atoms with Crippen LogP contribution in [0.3, 0.4) is 0 Å². The third-order valence-electron chi connectivity index (χ3n) is 8.14. The summed E-state index contributed by atoms with van der Waals surface area (Å²) >= 11 is 0. The van der Waals surface area contributed by atoms with Gasteiger partial charge in [0.1, 0.15) is 19.3 Å². The summed E-state index contributed by atoms with van der Waals surface area (Å²) in [6, 6.07) is 2.16. The van der Waals surface area contributed by atoms with E-state index >= 15 is 0 Å². The minimum atomic E-state index is -1.61. The molecule has 2 aromatic heterocycles. The Labute approximate surface area is 346 Å². The van der Waals surface area contributed by atoms with E-state index in [4.69, 9.17) is 9.47 Å². The van der Waals surface area contributed by atoms with Gasteiger partial charge < -0.3 is 66.7 Å². The largest absolute Gasteiger partial charge is 0.448 e. The van der Waals surface area contributed by atoms with Crippen LogP contribution < -0.4 is 53.7 Å². The molecule has 24 heteroatoms. The van der Waals surface area contributed by atoms with Gasteiger partial charge in [0, 0.05) is 49.6 Å². The molecule has 2 aromatic rings. The topological polar surface area (TPSA) is 352 Å². The number of aliphatic hydroxyl groups excluding tert-OH is 3. The van der Waals surface area contributed by atoms with Crippen molar-refractivity contribution in [2.75, 3.05) is 63.1 Å². The van der Waals surface area contributed by atoms with E-state index < -0.39 is 72.6 Å². The van der Waals surface area contributed by atoms with E-state index in [1.54, 1.807) is 13.8 Å². The average Bonchev–Trinajstić information content (AvgIpc) is 3.16. The average molecular weight is 853 g/mol. The van der Waals surface area contributed by atoms with Crippen LogP contribution in [0.1, 0.15) is 75.6 Å². The maximum absolute atomic E-state index is 12.1. The van der Waals surface area contributed by atoms with Gasteiger partial charge in [-0.1, -0.05) is 25.7 Å². The SMILES string of the molecule is Cc1cc(=O)nc(NC(=O)NCCCCCCNC(=O)OCCNC(=O)C[C@@H](O)C[C@H](O)C(=O)NCCOC(=O)NCCCCCCNC(O)Nc2nc(=O)cc(C)[nH]2)[nH]1. The molecule has 60 heavy (non-hydrogen) atoms. The number of unbranched alkanes of at least 4 members (excludes halogenated alkanes) is 6. The van der Waals surface area contributed by atoms with E-state index in [-0.39, 0.29) is 38.2 Å². The maximum atomic E-state index is 12.1. The molecule has 24 nitrogen and oxygen atoms in total. The van der Waals surface area contributed by atoms with Gasteiger partial charge in [0.25, 0.3) is 11.1 Å². The minimum Gasteiger partial charge on any atom is -0.448 e. The summed E-state index contributed by atoms with van der Waals surface area (Å²) in [6.07, 6.45) is -0.144.